The Morgan fingerprint density at radius 3 is 1.60 bits per heavy atom. The molecule has 0 aliphatic heterocycles. The minimum atomic E-state index is -2.33. The molecule has 4 N–H and O–H groups in total. The Bertz CT molecular complexity index is 1480. The van der Waals surface area contributed by atoms with Crippen molar-refractivity contribution in [2.24, 2.45) is 0 Å². The summed E-state index contributed by atoms with van der Waals surface area (Å²) in [6, 6.07) is 16.1. The summed E-state index contributed by atoms with van der Waals surface area (Å²) in [6.07, 6.45) is -4.33. The lowest BCUT2D eigenvalue weighted by molar-refractivity contribution is -0.159. The zero-order valence-corrected chi connectivity index (χ0v) is 23.3. The second-order valence-corrected chi connectivity index (χ2v) is 9.30. The lowest BCUT2D eigenvalue weighted by Gasteiger charge is -2.23. The van der Waals surface area contributed by atoms with Crippen LogP contribution in [0.15, 0.2) is 72.8 Å². The molecule has 0 saturated heterocycles. The summed E-state index contributed by atoms with van der Waals surface area (Å²) in [5.74, 6) is -6.51. The predicted octanol–water partition coefficient (Wildman–Crippen LogP) is 3.64. The van der Waals surface area contributed by atoms with Crippen molar-refractivity contribution >= 4 is 64.5 Å². The van der Waals surface area contributed by atoms with E-state index in [4.69, 9.17) is 32.7 Å². The number of carbonyl (C=O) groups is 6. The van der Waals surface area contributed by atoms with Gasteiger partial charge in [-0.25, -0.2) is 14.4 Å². The molecular formula is C28H23Cl2N3O9. The number of hydrogen-bond donors (Lipinski definition) is 4. The van der Waals surface area contributed by atoms with Gasteiger partial charge in [-0.2, -0.15) is 0 Å². The van der Waals surface area contributed by atoms with Crippen LogP contribution in [-0.2, 0) is 23.9 Å². The first-order valence-electron chi connectivity index (χ1n) is 12.1. The van der Waals surface area contributed by atoms with E-state index in [1.54, 1.807) is 6.92 Å². The Balaban J connectivity index is 1.80. The molecule has 0 aliphatic rings. The third kappa shape index (κ3) is 8.78. The molecule has 3 aromatic rings. The lowest BCUT2D eigenvalue weighted by Crippen LogP contribution is -2.54. The first-order chi connectivity index (χ1) is 20.0. The van der Waals surface area contributed by atoms with Gasteiger partial charge < -0.3 is 19.9 Å². The van der Waals surface area contributed by atoms with Crippen LogP contribution >= 0.6 is 23.2 Å². The third-order valence-electron chi connectivity index (χ3n) is 5.46. The number of benzene rings is 3. The molecule has 0 unspecified atom stereocenters. The maximum atomic E-state index is 13.1. The lowest BCUT2D eigenvalue weighted by atomic mass is 10.1. The Labute approximate surface area is 248 Å². The van der Waals surface area contributed by atoms with Crippen LogP contribution in [0.3, 0.4) is 0 Å². The molecule has 42 heavy (non-hydrogen) atoms. The van der Waals surface area contributed by atoms with Crippen molar-refractivity contribution < 1.29 is 43.3 Å². The molecule has 12 nitrogen and oxygen atoms in total. The zero-order valence-electron chi connectivity index (χ0n) is 21.8. The van der Waals surface area contributed by atoms with Crippen molar-refractivity contribution in [3.05, 3.63) is 99.5 Å². The van der Waals surface area contributed by atoms with Gasteiger partial charge in [-0.1, -0.05) is 30.1 Å². The van der Waals surface area contributed by atoms with Gasteiger partial charge in [0, 0.05) is 27.7 Å². The van der Waals surface area contributed by atoms with Crippen LogP contribution < -0.4 is 16.2 Å². The smallest absolute Gasteiger partial charge is 0.349 e. The van der Waals surface area contributed by atoms with Gasteiger partial charge in [-0.3, -0.25) is 25.2 Å². The average Bonchev–Trinajstić information content (AvgIpc) is 2.98. The normalized spacial score (nSPS) is 11.8. The molecular weight excluding hydrogens is 593 g/mol. The zero-order chi connectivity index (χ0) is 30.8. The molecule has 0 spiro atoms. The molecule has 218 valence electrons. The van der Waals surface area contributed by atoms with Crippen LogP contribution in [0.4, 0.5) is 5.69 Å². The number of rotatable bonds is 10. The van der Waals surface area contributed by atoms with Crippen molar-refractivity contribution in [1.82, 2.24) is 10.9 Å². The fourth-order valence-corrected chi connectivity index (χ4v) is 3.50. The third-order valence-corrected chi connectivity index (χ3v) is 5.96. The molecule has 0 saturated carbocycles. The van der Waals surface area contributed by atoms with Gasteiger partial charge in [0.15, 0.2) is 0 Å². The molecule has 0 aromatic heterocycles. The van der Waals surface area contributed by atoms with Crippen LogP contribution in [0.1, 0.15) is 44.4 Å². The monoisotopic (exact) mass is 615 g/mol. The molecule has 0 bridgehead atoms. The fraction of sp³-hybridized carbons (Fsp3) is 0.143. The number of halogens is 2. The minimum absolute atomic E-state index is 0.0588. The van der Waals surface area contributed by atoms with Crippen molar-refractivity contribution in [1.29, 1.82) is 0 Å². The first-order valence-corrected chi connectivity index (χ1v) is 12.9. The number of carboxylic acid groups (broad SMARTS) is 1. The maximum Gasteiger partial charge on any atom is 0.349 e. The number of hydrogen-bond acceptors (Lipinski definition) is 8. The molecule has 0 fully saturated rings. The minimum Gasteiger partial charge on any atom is -0.478 e. The van der Waals surface area contributed by atoms with Gasteiger partial charge in [-0.05, 0) is 72.8 Å². The summed E-state index contributed by atoms with van der Waals surface area (Å²) in [4.78, 5) is 74.7. The number of aliphatic carboxylic acids is 1. The highest BCUT2D eigenvalue weighted by Crippen LogP contribution is 2.17. The molecule has 0 aliphatic carbocycles. The summed E-state index contributed by atoms with van der Waals surface area (Å²) in [5.41, 5.74) is 4.36. The number of nitrogens with one attached hydrogen (secondary N) is 3. The second kappa shape index (κ2) is 14.6. The summed E-state index contributed by atoms with van der Waals surface area (Å²) >= 11 is 11.6. The quantitative estimate of drug-likeness (QED) is 0.196. The Morgan fingerprint density at radius 1 is 0.690 bits per heavy atom. The standard InChI is InChI=1S/C28H23Cl2N3O9/c1-2-21(34)31-20-13-7-15(8-14-20)24(35)32-33-25(36)22(41-27(39)16-3-9-18(29)10-4-16)23(26(37)38)42-28(40)17-5-11-19(30)12-6-17/h3-14,22-23H,2H2,1H3,(H,31,34)(H,32,35)(H,33,36)(H,37,38)/t22-,23+/m1/s1. The summed E-state index contributed by atoms with van der Waals surface area (Å²) in [5, 5.41) is 13.0. The Kier molecular flexibility index (Phi) is 11.0. The first kappa shape index (κ1) is 31.6. The summed E-state index contributed by atoms with van der Waals surface area (Å²) < 4.78 is 10.2. The summed E-state index contributed by atoms with van der Waals surface area (Å²) in [7, 11) is 0. The van der Waals surface area contributed by atoms with Gasteiger partial charge in [-0.15, -0.1) is 0 Å². The number of carbonyl (C=O) groups excluding carboxylic acids is 5. The predicted molar refractivity (Wildman–Crippen MR) is 150 cm³/mol. The van der Waals surface area contributed by atoms with E-state index < -0.39 is 41.9 Å². The highest BCUT2D eigenvalue weighted by Gasteiger charge is 2.41. The van der Waals surface area contributed by atoms with Crippen LogP contribution in [0, 0.1) is 0 Å². The molecule has 3 rings (SSSR count). The summed E-state index contributed by atoms with van der Waals surface area (Å²) in [6.45, 7) is 1.67. The number of hydrazine groups is 1. The second-order valence-electron chi connectivity index (χ2n) is 8.43. The molecule has 3 aromatic carbocycles. The van der Waals surface area contributed by atoms with Crippen LogP contribution in [0.2, 0.25) is 10.0 Å². The maximum absolute atomic E-state index is 13.1. The van der Waals surface area contributed by atoms with Gasteiger partial charge in [0.2, 0.25) is 18.1 Å². The molecule has 3 amide bonds. The molecule has 2 atom stereocenters. The van der Waals surface area contributed by atoms with E-state index in [1.165, 1.54) is 72.8 Å². The van der Waals surface area contributed by atoms with E-state index in [-0.39, 0.29) is 29.0 Å². The van der Waals surface area contributed by atoms with E-state index in [9.17, 15) is 33.9 Å². The molecule has 0 radical (unpaired) electrons. The molecule has 0 heterocycles. The van der Waals surface area contributed by atoms with Crippen molar-refractivity contribution in [2.45, 2.75) is 25.6 Å². The van der Waals surface area contributed by atoms with Gasteiger partial charge >= 0.3 is 17.9 Å². The molecule has 14 heteroatoms. The van der Waals surface area contributed by atoms with E-state index in [0.29, 0.717) is 15.7 Å². The Morgan fingerprint density at radius 2 is 1.14 bits per heavy atom. The number of anilines is 1. The van der Waals surface area contributed by atoms with Crippen LogP contribution in [-0.4, -0.2) is 52.9 Å². The fourth-order valence-electron chi connectivity index (χ4n) is 3.25. The SMILES string of the molecule is CCC(=O)Nc1ccc(C(=O)NNC(=O)[C@H](OC(=O)c2ccc(Cl)cc2)[C@H](OC(=O)c2ccc(Cl)cc2)C(=O)O)cc1. The Hall–Kier alpha value is -4.94. The van der Waals surface area contributed by atoms with Gasteiger partial charge in [0.25, 0.3) is 11.8 Å². The number of esters is 2. The van der Waals surface area contributed by atoms with Gasteiger partial charge in [0.1, 0.15) is 0 Å². The number of ether oxygens (including phenoxy) is 2. The van der Waals surface area contributed by atoms with E-state index in [2.05, 4.69) is 10.7 Å². The van der Waals surface area contributed by atoms with Crippen LogP contribution in [0.25, 0.3) is 0 Å². The van der Waals surface area contributed by atoms with Crippen LogP contribution in [0.5, 0.6) is 0 Å². The van der Waals surface area contributed by atoms with E-state index in [1.807, 2.05) is 5.43 Å². The highest BCUT2D eigenvalue weighted by molar-refractivity contribution is 6.31. The van der Waals surface area contributed by atoms with Crippen molar-refractivity contribution in [3.8, 4) is 0 Å². The van der Waals surface area contributed by atoms with Crippen molar-refractivity contribution in [3.63, 3.8) is 0 Å². The number of amides is 3. The number of carboxylic acids is 1. The topological polar surface area (TPSA) is 177 Å². The largest absolute Gasteiger partial charge is 0.478 e. The van der Waals surface area contributed by atoms with E-state index >= 15 is 0 Å². The van der Waals surface area contributed by atoms with Crippen molar-refractivity contribution in [2.75, 3.05) is 5.32 Å². The van der Waals surface area contributed by atoms with E-state index in [0.717, 1.165) is 0 Å². The highest BCUT2D eigenvalue weighted by atomic mass is 35.5. The average molecular weight is 616 g/mol. The van der Waals surface area contributed by atoms with Gasteiger partial charge in [0.05, 0.1) is 11.1 Å².